The van der Waals surface area contributed by atoms with Crippen LogP contribution in [0.3, 0.4) is 0 Å². The van der Waals surface area contributed by atoms with Crippen LogP contribution in [0.1, 0.15) is 24.4 Å². The van der Waals surface area contributed by atoms with Crippen LogP contribution in [0.4, 0.5) is 8.78 Å². The Morgan fingerprint density at radius 1 is 1.36 bits per heavy atom. The van der Waals surface area contributed by atoms with Gasteiger partial charge in [-0.3, -0.25) is 0 Å². The van der Waals surface area contributed by atoms with E-state index in [0.29, 0.717) is 11.5 Å². The Morgan fingerprint density at radius 2 is 2.00 bits per heavy atom. The van der Waals surface area contributed by atoms with Crippen molar-refractivity contribution in [2.24, 2.45) is 11.7 Å². The highest BCUT2D eigenvalue weighted by atomic mass is 79.9. The lowest BCUT2D eigenvalue weighted by Gasteiger charge is -2.13. The summed E-state index contributed by atoms with van der Waals surface area (Å²) >= 11 is 3.03. The van der Waals surface area contributed by atoms with E-state index >= 15 is 0 Å². The minimum Gasteiger partial charge on any atom is -0.324 e. The van der Waals surface area contributed by atoms with Crippen molar-refractivity contribution in [3.8, 4) is 0 Å². The molecule has 0 amide bonds. The predicted octanol–water partition coefficient (Wildman–Crippen LogP) is 3.14. The Hall–Kier alpha value is -0.480. The third kappa shape index (κ3) is 1.68. The molecule has 1 fully saturated rings. The predicted molar refractivity (Wildman–Crippen MR) is 53.7 cm³/mol. The van der Waals surface area contributed by atoms with Gasteiger partial charge >= 0.3 is 0 Å². The molecule has 1 atom stereocenters. The van der Waals surface area contributed by atoms with Crippen LogP contribution in [0.25, 0.3) is 0 Å². The molecule has 1 saturated carbocycles. The van der Waals surface area contributed by atoms with Crippen molar-refractivity contribution in [1.29, 1.82) is 0 Å². The third-order valence-corrected chi connectivity index (χ3v) is 3.36. The summed E-state index contributed by atoms with van der Waals surface area (Å²) in [6.45, 7) is 0. The molecule has 1 aromatic carbocycles. The van der Waals surface area contributed by atoms with Gasteiger partial charge in [0.05, 0.1) is 4.47 Å². The van der Waals surface area contributed by atoms with Gasteiger partial charge < -0.3 is 5.73 Å². The minimum atomic E-state index is -0.849. The summed E-state index contributed by atoms with van der Waals surface area (Å²) < 4.78 is 26.1. The molecule has 14 heavy (non-hydrogen) atoms. The highest BCUT2D eigenvalue weighted by Crippen LogP contribution is 2.42. The van der Waals surface area contributed by atoms with Gasteiger partial charge in [0.1, 0.15) is 0 Å². The van der Waals surface area contributed by atoms with Crippen LogP contribution in [0.5, 0.6) is 0 Å². The SMILES string of the molecule is NC(c1ccc(F)c(F)c1Br)C1CC1. The van der Waals surface area contributed by atoms with E-state index < -0.39 is 11.6 Å². The summed E-state index contributed by atoms with van der Waals surface area (Å²) in [5.41, 5.74) is 6.56. The monoisotopic (exact) mass is 261 g/mol. The van der Waals surface area contributed by atoms with Crippen molar-refractivity contribution < 1.29 is 8.78 Å². The minimum absolute atomic E-state index is 0.164. The molecule has 4 heteroatoms. The largest absolute Gasteiger partial charge is 0.324 e. The fourth-order valence-corrected chi connectivity index (χ4v) is 2.09. The molecule has 76 valence electrons. The van der Waals surface area contributed by atoms with Gasteiger partial charge in [0.25, 0.3) is 0 Å². The van der Waals surface area contributed by atoms with Crippen molar-refractivity contribution in [3.05, 3.63) is 33.8 Å². The molecule has 2 rings (SSSR count). The number of nitrogens with two attached hydrogens (primary N) is 1. The maximum absolute atomic E-state index is 13.2. The van der Waals surface area contributed by atoms with Gasteiger partial charge in [-0.1, -0.05) is 6.07 Å². The zero-order chi connectivity index (χ0) is 10.3. The van der Waals surface area contributed by atoms with Crippen LogP contribution in [0.2, 0.25) is 0 Å². The number of halogens is 3. The number of rotatable bonds is 2. The maximum atomic E-state index is 13.2. The molecule has 1 aromatic rings. The van der Waals surface area contributed by atoms with Gasteiger partial charge in [-0.05, 0) is 46.3 Å². The van der Waals surface area contributed by atoms with E-state index in [1.165, 1.54) is 0 Å². The van der Waals surface area contributed by atoms with Crippen LogP contribution in [0.15, 0.2) is 16.6 Å². The molecule has 1 aliphatic carbocycles. The van der Waals surface area contributed by atoms with E-state index in [1.807, 2.05) is 0 Å². The maximum Gasteiger partial charge on any atom is 0.173 e. The first-order chi connectivity index (χ1) is 6.61. The van der Waals surface area contributed by atoms with Crippen molar-refractivity contribution >= 4 is 15.9 Å². The van der Waals surface area contributed by atoms with Crippen LogP contribution in [-0.2, 0) is 0 Å². The van der Waals surface area contributed by atoms with Crippen LogP contribution >= 0.6 is 15.9 Å². The van der Waals surface area contributed by atoms with Gasteiger partial charge in [-0.2, -0.15) is 0 Å². The molecule has 0 bridgehead atoms. The molecule has 0 heterocycles. The molecule has 1 unspecified atom stereocenters. The van der Waals surface area contributed by atoms with Crippen LogP contribution in [-0.4, -0.2) is 0 Å². The normalized spacial score (nSPS) is 18.3. The molecule has 0 saturated heterocycles. The van der Waals surface area contributed by atoms with E-state index in [1.54, 1.807) is 6.07 Å². The summed E-state index contributed by atoms with van der Waals surface area (Å²) in [6, 6.07) is 2.49. The average Bonchev–Trinajstić information content (AvgIpc) is 2.97. The van der Waals surface area contributed by atoms with Crippen molar-refractivity contribution in [2.45, 2.75) is 18.9 Å². The van der Waals surface area contributed by atoms with Gasteiger partial charge in [-0.25, -0.2) is 8.78 Å². The van der Waals surface area contributed by atoms with E-state index in [9.17, 15) is 8.78 Å². The van der Waals surface area contributed by atoms with Gasteiger partial charge in [-0.15, -0.1) is 0 Å². The Labute approximate surface area is 89.4 Å². The lowest BCUT2D eigenvalue weighted by molar-refractivity contribution is 0.497. The van der Waals surface area contributed by atoms with Gasteiger partial charge in [0, 0.05) is 6.04 Å². The highest BCUT2D eigenvalue weighted by Gasteiger charge is 2.31. The Bertz CT molecular complexity index is 363. The first kappa shape index (κ1) is 10.1. The zero-order valence-electron chi connectivity index (χ0n) is 7.43. The fourth-order valence-electron chi connectivity index (χ4n) is 1.51. The second kappa shape index (κ2) is 3.59. The molecule has 1 aliphatic rings. The van der Waals surface area contributed by atoms with E-state index in [0.717, 1.165) is 18.9 Å². The number of benzene rings is 1. The first-order valence-electron chi connectivity index (χ1n) is 4.50. The van der Waals surface area contributed by atoms with Crippen molar-refractivity contribution in [1.82, 2.24) is 0 Å². The average molecular weight is 262 g/mol. The van der Waals surface area contributed by atoms with E-state index in [-0.39, 0.29) is 10.5 Å². The number of hydrogen-bond donors (Lipinski definition) is 1. The summed E-state index contributed by atoms with van der Waals surface area (Å²) in [4.78, 5) is 0. The molecule has 1 nitrogen and oxygen atoms in total. The molecular formula is C10H10BrF2N. The third-order valence-electron chi connectivity index (χ3n) is 2.55. The van der Waals surface area contributed by atoms with Gasteiger partial charge in [0.2, 0.25) is 0 Å². The summed E-state index contributed by atoms with van der Waals surface area (Å²) in [7, 11) is 0. The second-order valence-electron chi connectivity index (χ2n) is 3.63. The molecule has 0 spiro atoms. The molecular weight excluding hydrogens is 252 g/mol. The van der Waals surface area contributed by atoms with E-state index in [4.69, 9.17) is 5.73 Å². The van der Waals surface area contributed by atoms with Crippen LogP contribution in [0, 0.1) is 17.6 Å². The Morgan fingerprint density at radius 3 is 2.57 bits per heavy atom. The Balaban J connectivity index is 2.38. The topological polar surface area (TPSA) is 26.0 Å². The van der Waals surface area contributed by atoms with E-state index in [2.05, 4.69) is 15.9 Å². The lowest BCUT2D eigenvalue weighted by Crippen LogP contribution is -2.13. The molecule has 0 aromatic heterocycles. The quantitative estimate of drug-likeness (QED) is 0.814. The standard InChI is InChI=1S/C10H10BrF2N/c11-8-6(10(14)5-1-2-5)3-4-7(12)9(8)13/h3-5,10H,1-2,14H2. The highest BCUT2D eigenvalue weighted by molar-refractivity contribution is 9.10. The first-order valence-corrected chi connectivity index (χ1v) is 5.29. The summed E-state index contributed by atoms with van der Waals surface area (Å²) in [5.74, 6) is -1.27. The van der Waals surface area contributed by atoms with Crippen LogP contribution < -0.4 is 5.73 Å². The smallest absolute Gasteiger partial charge is 0.173 e. The van der Waals surface area contributed by atoms with Gasteiger partial charge in [0.15, 0.2) is 11.6 Å². The van der Waals surface area contributed by atoms with Crippen molar-refractivity contribution in [2.75, 3.05) is 0 Å². The fraction of sp³-hybridized carbons (Fsp3) is 0.400. The lowest BCUT2D eigenvalue weighted by atomic mass is 10.0. The second-order valence-corrected chi connectivity index (χ2v) is 4.42. The van der Waals surface area contributed by atoms with Crippen molar-refractivity contribution in [3.63, 3.8) is 0 Å². The molecule has 0 aliphatic heterocycles. The molecule has 0 radical (unpaired) electrons. The number of hydrogen-bond acceptors (Lipinski definition) is 1. The zero-order valence-corrected chi connectivity index (χ0v) is 9.02. The Kier molecular flexibility index (Phi) is 2.58. The molecule has 2 N–H and O–H groups in total. The summed E-state index contributed by atoms with van der Waals surface area (Å²) in [5, 5.41) is 0. The summed E-state index contributed by atoms with van der Waals surface area (Å²) in [6.07, 6.45) is 2.15.